The summed E-state index contributed by atoms with van der Waals surface area (Å²) in [6.07, 6.45) is 4.94. The Balaban J connectivity index is 1.61. The molecule has 24 heavy (non-hydrogen) atoms. The molecule has 3 aromatic heterocycles. The second kappa shape index (κ2) is 6.22. The average Bonchev–Trinajstić information content (AvgIpc) is 3.06. The summed E-state index contributed by atoms with van der Waals surface area (Å²) in [6.45, 7) is 0. The molecule has 1 N–H and O–H groups in total. The predicted octanol–water partition coefficient (Wildman–Crippen LogP) is 3.56. The molecule has 4 rings (SSSR count). The minimum Gasteiger partial charge on any atom is -0.436 e. The summed E-state index contributed by atoms with van der Waals surface area (Å²) in [7, 11) is 0. The fourth-order valence-electron chi connectivity index (χ4n) is 2.61. The van der Waals surface area contributed by atoms with Gasteiger partial charge in [-0.2, -0.15) is 0 Å². The van der Waals surface area contributed by atoms with Gasteiger partial charge in [0, 0.05) is 25.0 Å². The van der Waals surface area contributed by atoms with Crippen molar-refractivity contribution in [2.45, 2.75) is 12.5 Å². The number of hydrogen-bond donors (Lipinski definition) is 1. The van der Waals surface area contributed by atoms with Crippen LogP contribution in [0.2, 0.25) is 0 Å². The molecule has 3 heterocycles. The van der Waals surface area contributed by atoms with Crippen LogP contribution in [-0.4, -0.2) is 20.1 Å². The minimum atomic E-state index is -0.645. The Morgan fingerprint density at radius 2 is 2.00 bits per heavy atom. The molecule has 0 bridgehead atoms. The molecule has 0 aliphatic carbocycles. The third kappa shape index (κ3) is 2.89. The van der Waals surface area contributed by atoms with E-state index in [9.17, 15) is 5.11 Å². The third-order valence-corrected chi connectivity index (χ3v) is 3.82. The van der Waals surface area contributed by atoms with Crippen molar-refractivity contribution >= 4 is 11.1 Å². The van der Waals surface area contributed by atoms with Gasteiger partial charge in [-0.05, 0) is 42.0 Å². The van der Waals surface area contributed by atoms with E-state index in [1.807, 2.05) is 48.5 Å². The molecule has 0 radical (unpaired) electrons. The SMILES string of the molecule is OC(Cc1ccc2oc(-c3cccnc3)nc2c1)c1ccccn1. The van der Waals surface area contributed by atoms with Gasteiger partial charge in [0.05, 0.1) is 17.4 Å². The standard InChI is InChI=1S/C19H15N3O2/c23-17(15-5-1-2-9-21-15)11-13-6-7-18-16(10-13)22-19(24-18)14-4-3-8-20-12-14/h1-10,12,17,23H,11H2. The van der Waals surface area contributed by atoms with E-state index >= 15 is 0 Å². The van der Waals surface area contributed by atoms with E-state index in [0.717, 1.165) is 16.6 Å². The highest BCUT2D eigenvalue weighted by atomic mass is 16.3. The van der Waals surface area contributed by atoms with Gasteiger partial charge in [0.15, 0.2) is 5.58 Å². The number of fused-ring (bicyclic) bond motifs is 1. The highest BCUT2D eigenvalue weighted by Crippen LogP contribution is 2.25. The van der Waals surface area contributed by atoms with Crippen molar-refractivity contribution in [3.63, 3.8) is 0 Å². The molecule has 118 valence electrons. The van der Waals surface area contributed by atoms with Crippen LogP contribution in [0.5, 0.6) is 0 Å². The number of aliphatic hydroxyl groups is 1. The highest BCUT2D eigenvalue weighted by molar-refractivity contribution is 5.76. The summed E-state index contributed by atoms with van der Waals surface area (Å²) in [6, 6.07) is 15.0. The van der Waals surface area contributed by atoms with Gasteiger partial charge in [-0.1, -0.05) is 12.1 Å². The van der Waals surface area contributed by atoms with E-state index in [2.05, 4.69) is 15.0 Å². The first kappa shape index (κ1) is 14.5. The molecule has 0 fully saturated rings. The number of pyridine rings is 2. The molecular weight excluding hydrogens is 302 g/mol. The molecule has 0 aliphatic heterocycles. The van der Waals surface area contributed by atoms with E-state index < -0.39 is 6.10 Å². The van der Waals surface area contributed by atoms with Gasteiger partial charge in [0.25, 0.3) is 0 Å². The van der Waals surface area contributed by atoms with E-state index in [4.69, 9.17) is 4.42 Å². The van der Waals surface area contributed by atoms with Gasteiger partial charge in [-0.3, -0.25) is 9.97 Å². The largest absolute Gasteiger partial charge is 0.436 e. The minimum absolute atomic E-state index is 0.474. The van der Waals surface area contributed by atoms with Crippen molar-refractivity contribution < 1.29 is 9.52 Å². The molecule has 0 saturated heterocycles. The molecule has 0 spiro atoms. The smallest absolute Gasteiger partial charge is 0.228 e. The van der Waals surface area contributed by atoms with Crippen molar-refractivity contribution in [1.82, 2.24) is 15.0 Å². The first-order chi connectivity index (χ1) is 11.8. The molecular formula is C19H15N3O2. The average molecular weight is 317 g/mol. The van der Waals surface area contributed by atoms with Crippen LogP contribution in [0.3, 0.4) is 0 Å². The van der Waals surface area contributed by atoms with Crippen LogP contribution in [0, 0.1) is 0 Å². The zero-order valence-electron chi connectivity index (χ0n) is 12.8. The zero-order chi connectivity index (χ0) is 16.4. The predicted molar refractivity (Wildman–Crippen MR) is 90.1 cm³/mol. The van der Waals surface area contributed by atoms with Crippen LogP contribution >= 0.6 is 0 Å². The van der Waals surface area contributed by atoms with E-state index in [1.54, 1.807) is 18.6 Å². The molecule has 1 atom stereocenters. The quantitative estimate of drug-likeness (QED) is 0.623. The lowest BCUT2D eigenvalue weighted by Crippen LogP contribution is -2.03. The summed E-state index contributed by atoms with van der Waals surface area (Å²) < 4.78 is 5.77. The molecule has 4 aromatic rings. The van der Waals surface area contributed by atoms with Crippen molar-refractivity contribution in [2.24, 2.45) is 0 Å². The van der Waals surface area contributed by atoms with Crippen LogP contribution in [0.4, 0.5) is 0 Å². The van der Waals surface area contributed by atoms with Crippen molar-refractivity contribution in [1.29, 1.82) is 0 Å². The number of nitrogens with zero attached hydrogens (tertiary/aromatic N) is 3. The van der Waals surface area contributed by atoms with Gasteiger partial charge < -0.3 is 9.52 Å². The van der Waals surface area contributed by atoms with Crippen LogP contribution in [-0.2, 0) is 6.42 Å². The summed E-state index contributed by atoms with van der Waals surface area (Å²) >= 11 is 0. The Kier molecular flexibility index (Phi) is 3.76. The number of aliphatic hydroxyl groups excluding tert-OH is 1. The molecule has 0 aliphatic rings. The summed E-state index contributed by atoms with van der Waals surface area (Å²) in [5.41, 5.74) is 3.95. The number of oxazole rings is 1. The number of aromatic nitrogens is 3. The third-order valence-electron chi connectivity index (χ3n) is 3.82. The van der Waals surface area contributed by atoms with Gasteiger partial charge in [-0.15, -0.1) is 0 Å². The fourth-order valence-corrected chi connectivity index (χ4v) is 2.61. The molecule has 0 amide bonds. The van der Waals surface area contributed by atoms with Crippen molar-refractivity contribution in [3.05, 3.63) is 78.4 Å². The van der Waals surface area contributed by atoms with Crippen LogP contribution in [0.15, 0.2) is 71.5 Å². The maximum atomic E-state index is 10.3. The van der Waals surface area contributed by atoms with Crippen LogP contribution in [0.1, 0.15) is 17.4 Å². The van der Waals surface area contributed by atoms with Crippen LogP contribution in [0.25, 0.3) is 22.6 Å². The normalized spacial score (nSPS) is 12.4. The van der Waals surface area contributed by atoms with Crippen molar-refractivity contribution in [2.75, 3.05) is 0 Å². The first-order valence-electron chi connectivity index (χ1n) is 7.68. The van der Waals surface area contributed by atoms with Crippen LogP contribution < -0.4 is 0 Å². The monoisotopic (exact) mass is 317 g/mol. The van der Waals surface area contributed by atoms with E-state index in [-0.39, 0.29) is 0 Å². The number of benzene rings is 1. The summed E-state index contributed by atoms with van der Waals surface area (Å²) in [5, 5.41) is 10.3. The van der Waals surface area contributed by atoms with Gasteiger partial charge in [0.1, 0.15) is 5.52 Å². The maximum Gasteiger partial charge on any atom is 0.228 e. The second-order valence-corrected chi connectivity index (χ2v) is 5.54. The Morgan fingerprint density at radius 1 is 1.04 bits per heavy atom. The highest BCUT2D eigenvalue weighted by Gasteiger charge is 2.12. The van der Waals surface area contributed by atoms with E-state index in [1.165, 1.54) is 0 Å². The lowest BCUT2D eigenvalue weighted by molar-refractivity contribution is 0.173. The topological polar surface area (TPSA) is 72.0 Å². The Labute approximate surface area is 138 Å². The van der Waals surface area contributed by atoms with Gasteiger partial charge >= 0.3 is 0 Å². The van der Waals surface area contributed by atoms with E-state index in [0.29, 0.717) is 23.6 Å². The second-order valence-electron chi connectivity index (χ2n) is 5.54. The van der Waals surface area contributed by atoms with Gasteiger partial charge in [0.2, 0.25) is 5.89 Å². The first-order valence-corrected chi connectivity index (χ1v) is 7.68. The zero-order valence-corrected chi connectivity index (χ0v) is 12.8. The Bertz CT molecular complexity index is 952. The number of hydrogen-bond acceptors (Lipinski definition) is 5. The van der Waals surface area contributed by atoms with Gasteiger partial charge in [-0.25, -0.2) is 4.98 Å². The molecule has 1 aromatic carbocycles. The lowest BCUT2D eigenvalue weighted by atomic mass is 10.0. The summed E-state index contributed by atoms with van der Waals surface area (Å²) in [4.78, 5) is 12.8. The maximum absolute atomic E-state index is 10.3. The Hall–Kier alpha value is -3.05. The molecule has 5 nitrogen and oxygen atoms in total. The number of rotatable bonds is 4. The Morgan fingerprint density at radius 3 is 2.79 bits per heavy atom. The molecule has 1 unspecified atom stereocenters. The molecule has 5 heteroatoms. The van der Waals surface area contributed by atoms with Crippen molar-refractivity contribution in [3.8, 4) is 11.5 Å². The lowest BCUT2D eigenvalue weighted by Gasteiger charge is -2.09. The summed E-state index contributed by atoms with van der Waals surface area (Å²) in [5.74, 6) is 0.542. The molecule has 0 saturated carbocycles. The fraction of sp³-hybridized carbons (Fsp3) is 0.105.